The Labute approximate surface area is 212 Å². The van der Waals surface area contributed by atoms with Crippen LogP contribution in [0.4, 0.5) is 11.4 Å². The summed E-state index contributed by atoms with van der Waals surface area (Å²) in [6.45, 7) is 3.53. The first kappa shape index (κ1) is 22.8. The minimum absolute atomic E-state index is 0.133. The van der Waals surface area contributed by atoms with Crippen LogP contribution < -0.4 is 9.64 Å². The zero-order valence-electron chi connectivity index (χ0n) is 20.1. The van der Waals surface area contributed by atoms with Crippen molar-refractivity contribution in [2.75, 3.05) is 4.90 Å². The monoisotopic (exact) mass is 494 g/mol. The van der Waals surface area contributed by atoms with Gasteiger partial charge in [0.15, 0.2) is 0 Å². The molecule has 184 valence electrons. The Hall–Kier alpha value is -4.59. The number of ether oxygens (including phenoxy) is 1. The zero-order chi connectivity index (χ0) is 26.0. The molecule has 0 unspecified atom stereocenters. The first-order chi connectivity index (χ1) is 17.8. The number of amides is 2. The predicted molar refractivity (Wildman–Crippen MR) is 135 cm³/mol. The van der Waals surface area contributed by atoms with E-state index < -0.39 is 46.4 Å². The second kappa shape index (κ2) is 8.23. The third-order valence-corrected chi connectivity index (χ3v) is 7.57. The number of hydrogen-bond acceptors (Lipinski definition) is 6. The van der Waals surface area contributed by atoms with Crippen LogP contribution >= 0.6 is 0 Å². The Bertz CT molecular complexity index is 1540. The van der Waals surface area contributed by atoms with Gasteiger partial charge >= 0.3 is 5.97 Å². The van der Waals surface area contributed by atoms with Crippen molar-refractivity contribution in [3.63, 3.8) is 0 Å². The molecule has 0 aromatic heterocycles. The van der Waals surface area contributed by atoms with E-state index in [1.807, 2.05) is 55.5 Å². The number of non-ortho nitro benzene ring substituents is 1. The molecule has 1 saturated heterocycles. The number of rotatable bonds is 3. The average Bonchev–Trinajstić information content (AvgIpc) is 3.13. The molecule has 8 heteroatoms. The molecule has 4 atom stereocenters. The van der Waals surface area contributed by atoms with Crippen molar-refractivity contribution >= 4 is 34.7 Å². The minimum atomic E-state index is -0.964. The van der Waals surface area contributed by atoms with Crippen LogP contribution in [0.3, 0.4) is 0 Å². The lowest BCUT2D eigenvalue weighted by Crippen LogP contribution is -2.42. The molecule has 0 bridgehead atoms. The van der Waals surface area contributed by atoms with E-state index in [9.17, 15) is 24.5 Å². The SMILES string of the molecule is Cc1ccc2c(c1)OC(=O)[C@@H]1C2=C[C@H](c2ccccc2)[C@H]2C(=O)N(c3ccc([N+](=O)[O-])cc3C)C(=O)[C@@H]12. The molecule has 0 radical (unpaired) electrons. The van der Waals surface area contributed by atoms with Crippen molar-refractivity contribution in [1.29, 1.82) is 0 Å². The number of fused-ring (bicyclic) bond motifs is 5. The lowest BCUT2D eigenvalue weighted by atomic mass is 9.64. The Kier molecular flexibility index (Phi) is 5.08. The number of nitrogens with zero attached hydrogens (tertiary/aromatic N) is 2. The Morgan fingerprint density at radius 2 is 1.62 bits per heavy atom. The fraction of sp³-hybridized carbons (Fsp3) is 0.207. The third-order valence-electron chi connectivity index (χ3n) is 7.57. The second-order valence-corrected chi connectivity index (χ2v) is 9.75. The molecule has 0 saturated carbocycles. The van der Waals surface area contributed by atoms with Crippen molar-refractivity contribution in [3.05, 3.63) is 105 Å². The number of esters is 1. The van der Waals surface area contributed by atoms with Crippen LogP contribution in [0.1, 0.15) is 28.2 Å². The lowest BCUT2D eigenvalue weighted by Gasteiger charge is -2.38. The average molecular weight is 495 g/mol. The molecular formula is C29H22N2O6. The summed E-state index contributed by atoms with van der Waals surface area (Å²) in [6, 6.07) is 19.1. The van der Waals surface area contributed by atoms with Gasteiger partial charge in [0.2, 0.25) is 11.8 Å². The molecule has 2 heterocycles. The van der Waals surface area contributed by atoms with E-state index in [1.165, 1.54) is 18.2 Å². The highest BCUT2D eigenvalue weighted by atomic mass is 16.6. The Morgan fingerprint density at radius 1 is 0.892 bits per heavy atom. The number of allylic oxidation sites excluding steroid dienone is 1. The van der Waals surface area contributed by atoms with Crippen LogP contribution in [0, 0.1) is 41.7 Å². The van der Waals surface area contributed by atoms with E-state index >= 15 is 0 Å². The van der Waals surface area contributed by atoms with Crippen LogP contribution in [0.15, 0.2) is 72.8 Å². The maximum Gasteiger partial charge on any atom is 0.319 e. The summed E-state index contributed by atoms with van der Waals surface area (Å²) in [5, 5.41) is 11.2. The van der Waals surface area contributed by atoms with Gasteiger partial charge in [-0.3, -0.25) is 24.5 Å². The Morgan fingerprint density at radius 3 is 2.32 bits per heavy atom. The predicted octanol–water partition coefficient (Wildman–Crippen LogP) is 4.73. The first-order valence-corrected chi connectivity index (χ1v) is 12.0. The fourth-order valence-electron chi connectivity index (χ4n) is 5.91. The van der Waals surface area contributed by atoms with Gasteiger partial charge in [-0.2, -0.15) is 0 Å². The van der Waals surface area contributed by atoms with E-state index in [0.717, 1.165) is 21.6 Å². The quantitative estimate of drug-likeness (QED) is 0.171. The van der Waals surface area contributed by atoms with E-state index in [1.54, 1.807) is 13.0 Å². The van der Waals surface area contributed by atoms with Gasteiger partial charge < -0.3 is 4.74 Å². The molecule has 2 amide bonds. The fourth-order valence-corrected chi connectivity index (χ4v) is 5.91. The number of carbonyl (C=O) groups is 3. The van der Waals surface area contributed by atoms with Crippen molar-refractivity contribution < 1.29 is 24.0 Å². The molecule has 2 aliphatic heterocycles. The van der Waals surface area contributed by atoms with Crippen LogP contribution in [0.2, 0.25) is 0 Å². The van der Waals surface area contributed by atoms with Crippen molar-refractivity contribution in [3.8, 4) is 5.75 Å². The maximum atomic E-state index is 14.0. The van der Waals surface area contributed by atoms with Gasteiger partial charge in [-0.05, 0) is 48.2 Å². The van der Waals surface area contributed by atoms with Gasteiger partial charge in [0.25, 0.3) is 5.69 Å². The highest BCUT2D eigenvalue weighted by molar-refractivity contribution is 6.25. The van der Waals surface area contributed by atoms with Crippen LogP contribution in [0.25, 0.3) is 5.57 Å². The van der Waals surface area contributed by atoms with Gasteiger partial charge in [-0.1, -0.05) is 48.5 Å². The normalized spacial score (nSPS) is 24.1. The topological polar surface area (TPSA) is 107 Å². The van der Waals surface area contributed by atoms with Gasteiger partial charge in [0.1, 0.15) is 5.75 Å². The maximum absolute atomic E-state index is 14.0. The van der Waals surface area contributed by atoms with Gasteiger partial charge in [-0.15, -0.1) is 0 Å². The molecule has 1 aliphatic carbocycles. The molecule has 6 rings (SSSR count). The highest BCUT2D eigenvalue weighted by Gasteiger charge is 2.60. The summed E-state index contributed by atoms with van der Waals surface area (Å²) in [5.74, 6) is -4.22. The number of carbonyl (C=O) groups excluding carboxylic acids is 3. The van der Waals surface area contributed by atoms with E-state index in [-0.39, 0.29) is 11.4 Å². The number of aryl methyl sites for hydroxylation is 2. The Balaban J connectivity index is 1.53. The highest BCUT2D eigenvalue weighted by Crippen LogP contribution is 2.55. The molecular weight excluding hydrogens is 472 g/mol. The van der Waals surface area contributed by atoms with E-state index in [2.05, 4.69) is 0 Å². The number of hydrogen-bond donors (Lipinski definition) is 0. The molecule has 8 nitrogen and oxygen atoms in total. The van der Waals surface area contributed by atoms with Crippen molar-refractivity contribution in [2.45, 2.75) is 19.8 Å². The molecule has 0 spiro atoms. The molecule has 3 aromatic rings. The second-order valence-electron chi connectivity index (χ2n) is 9.75. The van der Waals surface area contributed by atoms with Gasteiger partial charge in [-0.25, -0.2) is 4.90 Å². The van der Waals surface area contributed by atoms with E-state index in [0.29, 0.717) is 16.9 Å². The summed E-state index contributed by atoms with van der Waals surface area (Å²) in [5.41, 5.74) is 3.79. The smallest absolute Gasteiger partial charge is 0.319 e. The summed E-state index contributed by atoms with van der Waals surface area (Å²) in [4.78, 5) is 53.1. The van der Waals surface area contributed by atoms with Crippen molar-refractivity contribution in [2.24, 2.45) is 17.8 Å². The van der Waals surface area contributed by atoms with Crippen LogP contribution in [-0.2, 0) is 14.4 Å². The van der Waals surface area contributed by atoms with Crippen LogP contribution in [0.5, 0.6) is 5.75 Å². The standard InChI is InChI=1S/C29H22N2O6/c1-15-8-10-19-21-14-20(17-6-4-3-5-7-17)24-26(25(21)29(34)37-23(19)12-15)28(33)30(27(24)32)22-11-9-18(31(35)36)13-16(22)2/h3-14,20,24-26H,1-2H3/t20-,24-,25-,26-/m1/s1. The summed E-state index contributed by atoms with van der Waals surface area (Å²) >= 11 is 0. The number of anilines is 1. The number of imide groups is 1. The lowest BCUT2D eigenvalue weighted by molar-refractivity contribution is -0.384. The zero-order valence-corrected chi connectivity index (χ0v) is 20.1. The number of nitro groups is 1. The first-order valence-electron chi connectivity index (χ1n) is 12.0. The summed E-state index contributed by atoms with van der Waals surface area (Å²) < 4.78 is 5.68. The van der Waals surface area contributed by atoms with E-state index in [4.69, 9.17) is 4.74 Å². The van der Waals surface area contributed by atoms with Crippen LogP contribution in [-0.4, -0.2) is 22.7 Å². The summed E-state index contributed by atoms with van der Waals surface area (Å²) in [7, 11) is 0. The summed E-state index contributed by atoms with van der Waals surface area (Å²) in [6.07, 6.45) is 1.94. The molecule has 3 aliphatic rings. The molecule has 1 fully saturated rings. The molecule has 0 N–H and O–H groups in total. The number of benzene rings is 3. The molecule has 37 heavy (non-hydrogen) atoms. The third kappa shape index (κ3) is 3.40. The minimum Gasteiger partial charge on any atom is -0.425 e. The molecule has 3 aromatic carbocycles. The van der Waals surface area contributed by atoms with Gasteiger partial charge in [0.05, 0.1) is 28.4 Å². The van der Waals surface area contributed by atoms with Crippen molar-refractivity contribution in [1.82, 2.24) is 0 Å². The number of nitro benzene ring substituents is 1. The largest absolute Gasteiger partial charge is 0.425 e. The van der Waals surface area contributed by atoms with Gasteiger partial charge in [0, 0.05) is 23.6 Å².